The number of nitrogens with zero attached hydrogens (tertiary/aromatic N) is 6. The first kappa shape index (κ1) is 16.5. The number of rotatable bonds is 3. The van der Waals surface area contributed by atoms with Gasteiger partial charge in [-0.15, -0.1) is 0 Å². The minimum Gasteiger partial charge on any atom is -0.366 e. The van der Waals surface area contributed by atoms with Gasteiger partial charge in [0.1, 0.15) is 5.84 Å². The van der Waals surface area contributed by atoms with E-state index in [1.807, 2.05) is 44.1 Å². The first-order valence-electron chi connectivity index (χ1n) is 7.87. The molecule has 0 amide bonds. The number of aliphatic imine (C=N–C) groups is 1. The molecule has 3 aromatic rings. The van der Waals surface area contributed by atoms with Crippen molar-refractivity contribution in [3.05, 3.63) is 59.8 Å². The molecule has 2 heterocycles. The van der Waals surface area contributed by atoms with E-state index >= 15 is 0 Å². The van der Waals surface area contributed by atoms with Crippen molar-refractivity contribution in [3.63, 3.8) is 0 Å². The maximum Gasteiger partial charge on any atom is 0.110 e. The summed E-state index contributed by atoms with van der Waals surface area (Å²) < 4.78 is 0. The molecule has 0 N–H and O–H groups in total. The Bertz CT molecular complexity index is 967. The zero-order valence-electron chi connectivity index (χ0n) is 14.4. The first-order valence-corrected chi connectivity index (χ1v) is 7.87. The van der Waals surface area contributed by atoms with Crippen LogP contribution >= 0.6 is 0 Å². The molecule has 0 aliphatic carbocycles. The van der Waals surface area contributed by atoms with E-state index in [-0.39, 0.29) is 0 Å². The van der Waals surface area contributed by atoms with Gasteiger partial charge in [-0.2, -0.15) is 5.26 Å². The number of amidine groups is 1. The van der Waals surface area contributed by atoms with E-state index in [9.17, 15) is 0 Å². The van der Waals surface area contributed by atoms with Crippen molar-refractivity contribution in [3.8, 4) is 6.07 Å². The summed E-state index contributed by atoms with van der Waals surface area (Å²) in [6.07, 6.45) is 5.84. The van der Waals surface area contributed by atoms with Gasteiger partial charge in [0.15, 0.2) is 0 Å². The summed E-state index contributed by atoms with van der Waals surface area (Å²) >= 11 is 0. The fourth-order valence-corrected chi connectivity index (χ4v) is 2.37. The van der Waals surface area contributed by atoms with Crippen LogP contribution in [0.3, 0.4) is 0 Å². The Balaban J connectivity index is 1.95. The molecular formula is C19H18N6. The number of aryl methyl sites for hydroxylation is 1. The number of hydrogen-bond donors (Lipinski definition) is 0. The van der Waals surface area contributed by atoms with E-state index in [0.717, 1.165) is 33.8 Å². The number of fused-ring (bicyclic) bond motifs is 1. The minimum absolute atomic E-state index is 0.580. The lowest BCUT2D eigenvalue weighted by molar-refractivity contribution is 0.608. The molecule has 3 rings (SSSR count). The third kappa shape index (κ3) is 3.96. The predicted octanol–water partition coefficient (Wildman–Crippen LogP) is 3.04. The van der Waals surface area contributed by atoms with Gasteiger partial charge in [-0.25, -0.2) is 4.99 Å². The monoisotopic (exact) mass is 330 g/mol. The summed E-state index contributed by atoms with van der Waals surface area (Å²) in [5, 5.41) is 9.95. The van der Waals surface area contributed by atoms with Gasteiger partial charge in [0, 0.05) is 38.3 Å². The predicted molar refractivity (Wildman–Crippen MR) is 97.7 cm³/mol. The van der Waals surface area contributed by atoms with Gasteiger partial charge in [0.05, 0.1) is 40.4 Å². The maximum absolute atomic E-state index is 9.05. The van der Waals surface area contributed by atoms with Gasteiger partial charge in [-0.05, 0) is 31.2 Å². The van der Waals surface area contributed by atoms with E-state index in [1.165, 1.54) is 0 Å². The van der Waals surface area contributed by atoms with Crippen molar-refractivity contribution in [1.29, 1.82) is 5.26 Å². The number of benzene rings is 1. The standard InChI is InChI=1S/C19H18N6/c1-13-10-22-16(11-21-13)8-19(25(2)3)24-17-7-15-6-14(9-20)4-5-18(15)23-12-17/h4-7,10-12H,8H2,1-3H3/b24-19-. The number of nitriles is 1. The molecule has 0 aliphatic rings. The Kier molecular flexibility index (Phi) is 4.66. The highest BCUT2D eigenvalue weighted by molar-refractivity contribution is 5.88. The third-order valence-electron chi connectivity index (χ3n) is 3.74. The van der Waals surface area contributed by atoms with Crippen molar-refractivity contribution in [2.75, 3.05) is 14.1 Å². The van der Waals surface area contributed by atoms with E-state index in [2.05, 4.69) is 21.0 Å². The lowest BCUT2D eigenvalue weighted by Gasteiger charge is -2.15. The first-order chi connectivity index (χ1) is 12.0. The van der Waals surface area contributed by atoms with Crippen LogP contribution in [-0.2, 0) is 6.42 Å². The lowest BCUT2D eigenvalue weighted by atomic mass is 10.1. The minimum atomic E-state index is 0.580. The quantitative estimate of drug-likeness (QED) is 0.545. The fraction of sp³-hybridized carbons (Fsp3) is 0.211. The van der Waals surface area contributed by atoms with E-state index in [4.69, 9.17) is 10.3 Å². The van der Waals surface area contributed by atoms with E-state index in [1.54, 1.807) is 24.7 Å². The second-order valence-corrected chi connectivity index (χ2v) is 5.96. The fourth-order valence-electron chi connectivity index (χ4n) is 2.37. The van der Waals surface area contributed by atoms with Crippen LogP contribution in [0.15, 0.2) is 47.8 Å². The summed E-state index contributed by atoms with van der Waals surface area (Å²) in [5.74, 6) is 0.857. The van der Waals surface area contributed by atoms with Gasteiger partial charge in [0.25, 0.3) is 0 Å². The molecule has 2 aromatic heterocycles. The highest BCUT2D eigenvalue weighted by Gasteiger charge is 2.07. The molecule has 0 aliphatic heterocycles. The molecule has 6 heteroatoms. The molecule has 25 heavy (non-hydrogen) atoms. The lowest BCUT2D eigenvalue weighted by Crippen LogP contribution is -2.24. The molecular weight excluding hydrogens is 312 g/mol. The van der Waals surface area contributed by atoms with Gasteiger partial charge in [0.2, 0.25) is 0 Å². The molecule has 6 nitrogen and oxygen atoms in total. The summed E-state index contributed by atoms with van der Waals surface area (Å²) in [4.78, 5) is 19.8. The molecule has 0 radical (unpaired) electrons. The highest BCUT2D eigenvalue weighted by atomic mass is 15.1. The Morgan fingerprint density at radius 1 is 1.12 bits per heavy atom. The third-order valence-corrected chi connectivity index (χ3v) is 3.74. The number of hydrogen-bond acceptors (Lipinski definition) is 5. The average Bonchev–Trinajstić information content (AvgIpc) is 2.62. The molecule has 0 saturated carbocycles. The van der Waals surface area contributed by atoms with Crippen LogP contribution in [0, 0.1) is 18.3 Å². The molecule has 0 spiro atoms. The second-order valence-electron chi connectivity index (χ2n) is 5.96. The Morgan fingerprint density at radius 3 is 2.64 bits per heavy atom. The summed E-state index contributed by atoms with van der Waals surface area (Å²) in [6, 6.07) is 9.51. The second kappa shape index (κ2) is 7.05. The molecule has 124 valence electrons. The molecule has 0 unspecified atom stereocenters. The van der Waals surface area contributed by atoms with Crippen LogP contribution < -0.4 is 0 Å². The summed E-state index contributed by atoms with van der Waals surface area (Å²) in [7, 11) is 3.89. The van der Waals surface area contributed by atoms with Gasteiger partial charge in [-0.1, -0.05) is 0 Å². The van der Waals surface area contributed by atoms with Crippen LogP contribution in [0.2, 0.25) is 0 Å². The molecule has 0 atom stereocenters. The normalized spacial score (nSPS) is 11.4. The van der Waals surface area contributed by atoms with Crippen LogP contribution in [0.4, 0.5) is 5.69 Å². The van der Waals surface area contributed by atoms with E-state index in [0.29, 0.717) is 12.0 Å². The zero-order chi connectivity index (χ0) is 17.8. The van der Waals surface area contributed by atoms with Crippen molar-refractivity contribution in [1.82, 2.24) is 19.9 Å². The van der Waals surface area contributed by atoms with Gasteiger partial charge >= 0.3 is 0 Å². The maximum atomic E-state index is 9.05. The number of aromatic nitrogens is 3. The Hall–Kier alpha value is -3.33. The highest BCUT2D eigenvalue weighted by Crippen LogP contribution is 2.20. The zero-order valence-corrected chi connectivity index (χ0v) is 14.4. The summed E-state index contributed by atoms with van der Waals surface area (Å²) in [6.45, 7) is 1.91. The SMILES string of the molecule is Cc1cnc(C/C(=N/c2cnc3ccc(C#N)cc3c2)N(C)C)cn1. The van der Waals surface area contributed by atoms with Crippen molar-refractivity contribution >= 4 is 22.4 Å². The van der Waals surface area contributed by atoms with E-state index < -0.39 is 0 Å². The van der Waals surface area contributed by atoms with Crippen LogP contribution in [0.5, 0.6) is 0 Å². The smallest absolute Gasteiger partial charge is 0.110 e. The number of likely N-dealkylation sites (N-methyl/N-ethyl adjacent to an activating group) is 1. The van der Waals surface area contributed by atoms with Gasteiger partial charge < -0.3 is 4.90 Å². The Labute approximate surface area is 146 Å². The van der Waals surface area contributed by atoms with Crippen LogP contribution in [-0.4, -0.2) is 39.8 Å². The largest absolute Gasteiger partial charge is 0.366 e. The molecule has 0 bridgehead atoms. The molecule has 0 fully saturated rings. The van der Waals surface area contributed by atoms with Crippen LogP contribution in [0.1, 0.15) is 17.0 Å². The van der Waals surface area contributed by atoms with Crippen LogP contribution in [0.25, 0.3) is 10.9 Å². The average molecular weight is 330 g/mol. The topological polar surface area (TPSA) is 78.1 Å². The Morgan fingerprint density at radius 2 is 1.96 bits per heavy atom. The number of pyridine rings is 1. The van der Waals surface area contributed by atoms with Crippen molar-refractivity contribution in [2.24, 2.45) is 4.99 Å². The van der Waals surface area contributed by atoms with Crippen molar-refractivity contribution < 1.29 is 0 Å². The van der Waals surface area contributed by atoms with Gasteiger partial charge in [-0.3, -0.25) is 15.0 Å². The summed E-state index contributed by atoms with van der Waals surface area (Å²) in [5.41, 5.74) is 3.94. The van der Waals surface area contributed by atoms with Crippen molar-refractivity contribution in [2.45, 2.75) is 13.3 Å². The molecule has 0 saturated heterocycles. The molecule has 1 aromatic carbocycles.